The highest BCUT2D eigenvalue weighted by Gasteiger charge is 2.18. The van der Waals surface area contributed by atoms with Crippen molar-refractivity contribution in [3.8, 4) is 22.9 Å². The first-order valence-electron chi connectivity index (χ1n) is 13.7. The number of nitrogens with zero attached hydrogens (tertiary/aromatic N) is 3. The third kappa shape index (κ3) is 6.04. The van der Waals surface area contributed by atoms with Gasteiger partial charge in [0.2, 0.25) is 0 Å². The molecule has 5 rings (SSSR count). The van der Waals surface area contributed by atoms with Gasteiger partial charge in [-0.25, -0.2) is 9.37 Å². The van der Waals surface area contributed by atoms with E-state index in [-0.39, 0.29) is 23.9 Å². The van der Waals surface area contributed by atoms with Gasteiger partial charge >= 0.3 is 0 Å². The first kappa shape index (κ1) is 27.8. The predicted molar refractivity (Wildman–Crippen MR) is 162 cm³/mol. The van der Waals surface area contributed by atoms with Crippen molar-refractivity contribution in [1.82, 2.24) is 9.66 Å². The molecule has 7 heteroatoms. The number of rotatable bonds is 9. The molecular formula is C34H32FN3O3. The Labute approximate surface area is 238 Å². The van der Waals surface area contributed by atoms with Gasteiger partial charge in [0, 0.05) is 11.1 Å². The van der Waals surface area contributed by atoms with Gasteiger partial charge in [-0.3, -0.25) is 4.79 Å². The topological polar surface area (TPSA) is 65.7 Å². The molecule has 0 aliphatic heterocycles. The zero-order valence-corrected chi connectivity index (χ0v) is 23.6. The van der Waals surface area contributed by atoms with Gasteiger partial charge in [-0.15, -0.1) is 0 Å². The molecule has 0 saturated heterocycles. The fourth-order valence-electron chi connectivity index (χ4n) is 4.66. The summed E-state index contributed by atoms with van der Waals surface area (Å²) in [6.45, 7) is 8.82. The van der Waals surface area contributed by atoms with Crippen molar-refractivity contribution in [1.29, 1.82) is 0 Å². The van der Waals surface area contributed by atoms with E-state index < -0.39 is 0 Å². The molecule has 0 N–H and O–H groups in total. The SMILES string of the molecule is CCOc1cc(C)c(-c2nc3ccccc3c(=O)n2N=Cc2cccc(OCc3ccccc3F)c2)cc1C(C)C. The van der Waals surface area contributed by atoms with Crippen molar-refractivity contribution in [3.05, 3.63) is 123 Å². The molecule has 0 saturated carbocycles. The van der Waals surface area contributed by atoms with Gasteiger partial charge in [0.1, 0.15) is 23.9 Å². The summed E-state index contributed by atoms with van der Waals surface area (Å²) in [7, 11) is 0. The van der Waals surface area contributed by atoms with Crippen molar-refractivity contribution in [3.63, 3.8) is 0 Å². The number of benzene rings is 4. The van der Waals surface area contributed by atoms with E-state index in [1.807, 2.05) is 56.3 Å². The maximum Gasteiger partial charge on any atom is 0.282 e. The maximum absolute atomic E-state index is 14.0. The zero-order valence-electron chi connectivity index (χ0n) is 23.6. The van der Waals surface area contributed by atoms with Crippen LogP contribution in [0, 0.1) is 12.7 Å². The number of aryl methyl sites for hydroxylation is 1. The molecule has 0 spiro atoms. The number of ether oxygens (including phenoxy) is 2. The lowest BCUT2D eigenvalue weighted by Gasteiger charge is -2.18. The number of para-hydroxylation sites is 1. The van der Waals surface area contributed by atoms with Gasteiger partial charge in [0.15, 0.2) is 5.82 Å². The average molecular weight is 550 g/mol. The lowest BCUT2D eigenvalue weighted by Crippen LogP contribution is -2.20. The molecule has 0 fully saturated rings. The molecule has 208 valence electrons. The van der Waals surface area contributed by atoms with Gasteiger partial charge in [0.25, 0.3) is 5.56 Å². The van der Waals surface area contributed by atoms with E-state index in [4.69, 9.17) is 14.5 Å². The molecule has 0 radical (unpaired) electrons. The number of hydrogen-bond donors (Lipinski definition) is 0. The lowest BCUT2D eigenvalue weighted by molar-refractivity contribution is 0.300. The van der Waals surface area contributed by atoms with Crippen molar-refractivity contribution in [2.24, 2.45) is 5.10 Å². The molecule has 0 aliphatic carbocycles. The summed E-state index contributed by atoms with van der Waals surface area (Å²) in [5, 5.41) is 5.10. The Morgan fingerprint density at radius 1 is 0.976 bits per heavy atom. The molecule has 1 aromatic heterocycles. The molecule has 5 aromatic rings. The van der Waals surface area contributed by atoms with Gasteiger partial charge in [-0.05, 0) is 78.9 Å². The van der Waals surface area contributed by atoms with Crippen LogP contribution >= 0.6 is 0 Å². The van der Waals surface area contributed by atoms with Crippen molar-refractivity contribution >= 4 is 17.1 Å². The minimum absolute atomic E-state index is 0.0979. The van der Waals surface area contributed by atoms with Crippen LogP contribution in [0.2, 0.25) is 0 Å². The average Bonchev–Trinajstić information content (AvgIpc) is 2.96. The zero-order chi connectivity index (χ0) is 28.9. The summed E-state index contributed by atoms with van der Waals surface area (Å²) in [4.78, 5) is 18.6. The highest BCUT2D eigenvalue weighted by molar-refractivity contribution is 5.82. The second-order valence-corrected chi connectivity index (χ2v) is 10.1. The Morgan fingerprint density at radius 3 is 2.54 bits per heavy atom. The highest BCUT2D eigenvalue weighted by Crippen LogP contribution is 2.34. The lowest BCUT2D eigenvalue weighted by atomic mass is 9.96. The van der Waals surface area contributed by atoms with E-state index >= 15 is 0 Å². The quantitative estimate of drug-likeness (QED) is 0.179. The molecule has 0 atom stereocenters. The Balaban J connectivity index is 1.56. The molecule has 0 amide bonds. The third-order valence-electron chi connectivity index (χ3n) is 6.81. The summed E-state index contributed by atoms with van der Waals surface area (Å²) in [6, 6.07) is 25.1. The predicted octanol–water partition coefficient (Wildman–Crippen LogP) is 7.49. The molecule has 41 heavy (non-hydrogen) atoms. The Morgan fingerprint density at radius 2 is 1.76 bits per heavy atom. The summed E-state index contributed by atoms with van der Waals surface area (Å²) in [5.74, 6) is 1.72. The normalized spacial score (nSPS) is 11.5. The van der Waals surface area contributed by atoms with Crippen LogP contribution in [0.25, 0.3) is 22.3 Å². The van der Waals surface area contributed by atoms with Crippen LogP contribution in [0.1, 0.15) is 48.9 Å². The number of halogens is 1. The van der Waals surface area contributed by atoms with E-state index in [1.165, 1.54) is 10.7 Å². The second kappa shape index (κ2) is 12.2. The summed E-state index contributed by atoms with van der Waals surface area (Å²) < 4.78 is 27.1. The summed E-state index contributed by atoms with van der Waals surface area (Å²) in [5.41, 5.74) is 4.27. The van der Waals surface area contributed by atoms with Crippen LogP contribution in [0.5, 0.6) is 11.5 Å². The van der Waals surface area contributed by atoms with Crippen LogP contribution in [0.3, 0.4) is 0 Å². The largest absolute Gasteiger partial charge is 0.494 e. The highest BCUT2D eigenvalue weighted by atomic mass is 19.1. The molecule has 6 nitrogen and oxygen atoms in total. The minimum Gasteiger partial charge on any atom is -0.494 e. The summed E-state index contributed by atoms with van der Waals surface area (Å²) >= 11 is 0. The maximum atomic E-state index is 14.0. The molecule has 1 heterocycles. The van der Waals surface area contributed by atoms with Gasteiger partial charge in [-0.1, -0.05) is 56.3 Å². The van der Waals surface area contributed by atoms with Gasteiger partial charge < -0.3 is 9.47 Å². The van der Waals surface area contributed by atoms with Crippen LogP contribution in [0.15, 0.2) is 94.8 Å². The van der Waals surface area contributed by atoms with Gasteiger partial charge in [-0.2, -0.15) is 9.78 Å². The smallest absolute Gasteiger partial charge is 0.282 e. The third-order valence-corrected chi connectivity index (χ3v) is 6.81. The first-order chi connectivity index (χ1) is 19.9. The van der Waals surface area contributed by atoms with Crippen molar-refractivity contribution in [2.45, 2.75) is 40.2 Å². The van der Waals surface area contributed by atoms with Crippen LogP contribution in [-0.2, 0) is 6.61 Å². The minimum atomic E-state index is -0.314. The molecule has 0 aliphatic rings. The van der Waals surface area contributed by atoms with E-state index in [0.29, 0.717) is 40.2 Å². The van der Waals surface area contributed by atoms with Crippen molar-refractivity contribution < 1.29 is 13.9 Å². The first-order valence-corrected chi connectivity index (χ1v) is 13.7. The fraction of sp³-hybridized carbons (Fsp3) is 0.206. The molecule has 0 unspecified atom stereocenters. The van der Waals surface area contributed by atoms with Gasteiger partial charge in [0.05, 0.1) is 23.7 Å². The second-order valence-electron chi connectivity index (χ2n) is 10.1. The van der Waals surface area contributed by atoms with Crippen molar-refractivity contribution in [2.75, 3.05) is 6.61 Å². The number of fused-ring (bicyclic) bond motifs is 1. The van der Waals surface area contributed by atoms with E-state index in [0.717, 1.165) is 22.4 Å². The van der Waals surface area contributed by atoms with E-state index in [1.54, 1.807) is 42.6 Å². The standard InChI is InChI=1S/C34H32FN3O3/c1-5-40-32-17-23(4)29(19-28(32)22(2)3)33-37-31-16-9-7-14-27(31)34(39)38(33)36-20-24-11-10-13-26(18-24)41-21-25-12-6-8-15-30(25)35/h6-20,22H,5,21H2,1-4H3. The van der Waals surface area contributed by atoms with Crippen LogP contribution < -0.4 is 15.0 Å². The van der Waals surface area contributed by atoms with Crippen LogP contribution in [-0.4, -0.2) is 22.5 Å². The monoisotopic (exact) mass is 549 g/mol. The Hall–Kier alpha value is -4.78. The Kier molecular flexibility index (Phi) is 8.24. The Bertz CT molecular complexity index is 1790. The molecule has 4 aromatic carbocycles. The molecule has 0 bridgehead atoms. The number of hydrogen-bond acceptors (Lipinski definition) is 5. The fourth-order valence-corrected chi connectivity index (χ4v) is 4.66. The summed E-state index contributed by atoms with van der Waals surface area (Å²) in [6.07, 6.45) is 1.60. The van der Waals surface area contributed by atoms with Crippen LogP contribution in [0.4, 0.5) is 4.39 Å². The number of aromatic nitrogens is 2. The van der Waals surface area contributed by atoms with E-state index in [9.17, 15) is 9.18 Å². The molecular weight excluding hydrogens is 517 g/mol. The van der Waals surface area contributed by atoms with E-state index in [2.05, 4.69) is 18.9 Å².